The molecule has 0 amide bonds. The van der Waals surface area contributed by atoms with Crippen molar-refractivity contribution in [1.82, 2.24) is 5.32 Å². The van der Waals surface area contributed by atoms with Gasteiger partial charge in [0.25, 0.3) is 0 Å². The summed E-state index contributed by atoms with van der Waals surface area (Å²) in [7, 11) is 0. The molecular formula is C7H14N4O2. The van der Waals surface area contributed by atoms with E-state index in [1.54, 1.807) is 0 Å². The summed E-state index contributed by atoms with van der Waals surface area (Å²) in [6.07, 6.45) is 1.28. The van der Waals surface area contributed by atoms with E-state index in [9.17, 15) is 4.79 Å². The number of carbonyl (C=O) groups is 1. The van der Waals surface area contributed by atoms with Gasteiger partial charge in [0, 0.05) is 6.54 Å². The van der Waals surface area contributed by atoms with Gasteiger partial charge in [0.1, 0.15) is 6.04 Å². The zero-order valence-electron chi connectivity index (χ0n) is 7.23. The Morgan fingerprint density at radius 1 is 1.46 bits per heavy atom. The maximum Gasteiger partial charge on any atom is 0.320 e. The molecule has 0 radical (unpaired) electrons. The van der Waals surface area contributed by atoms with Crippen LogP contribution in [-0.2, 0) is 4.79 Å². The van der Waals surface area contributed by atoms with Crippen LogP contribution in [0.5, 0.6) is 0 Å². The highest BCUT2D eigenvalue weighted by Crippen LogP contribution is 2.10. The lowest BCUT2D eigenvalue weighted by Crippen LogP contribution is -2.46. The van der Waals surface area contributed by atoms with Crippen LogP contribution in [0.15, 0.2) is 4.99 Å². The fourth-order valence-corrected chi connectivity index (χ4v) is 1.37. The minimum absolute atomic E-state index is 0.0144. The Bertz CT molecular complexity index is 217. The first-order valence-corrected chi connectivity index (χ1v) is 4.14. The van der Waals surface area contributed by atoms with E-state index in [4.69, 9.17) is 16.6 Å². The summed E-state index contributed by atoms with van der Waals surface area (Å²) in [6, 6.07) is -0.439. The van der Waals surface area contributed by atoms with E-state index in [0.717, 1.165) is 0 Å². The largest absolute Gasteiger partial charge is 0.480 e. The Labute approximate surface area is 76.0 Å². The number of carboxylic acid groups (broad SMARTS) is 1. The van der Waals surface area contributed by atoms with E-state index in [1.807, 2.05) is 0 Å². The Morgan fingerprint density at radius 2 is 2.15 bits per heavy atom. The number of nitrogens with one attached hydrogen (secondary N) is 1. The zero-order chi connectivity index (χ0) is 9.84. The third kappa shape index (κ3) is 2.90. The highest BCUT2D eigenvalue weighted by atomic mass is 16.4. The quantitative estimate of drug-likeness (QED) is 0.308. The molecule has 0 unspecified atom stereocenters. The summed E-state index contributed by atoms with van der Waals surface area (Å²) in [5, 5.41) is 11.5. The number of aliphatic imine (C=N–C) groups is 1. The van der Waals surface area contributed by atoms with Gasteiger partial charge in [0.2, 0.25) is 0 Å². The molecule has 1 heterocycles. The number of carboxylic acids is 1. The lowest BCUT2D eigenvalue weighted by molar-refractivity contribution is -0.140. The molecule has 0 aliphatic carbocycles. The molecule has 0 spiro atoms. The molecule has 0 saturated carbocycles. The highest BCUT2D eigenvalue weighted by molar-refractivity contribution is 5.76. The summed E-state index contributed by atoms with van der Waals surface area (Å²) >= 11 is 0. The summed E-state index contributed by atoms with van der Waals surface area (Å²) in [4.78, 5) is 14.5. The molecule has 6 nitrogen and oxygen atoms in total. The Morgan fingerprint density at radius 3 is 2.54 bits per heavy atom. The molecule has 2 atom stereocenters. The second kappa shape index (κ2) is 4.08. The molecule has 0 bridgehead atoms. The van der Waals surface area contributed by atoms with Crippen LogP contribution >= 0.6 is 0 Å². The van der Waals surface area contributed by atoms with Crippen molar-refractivity contribution in [3.05, 3.63) is 0 Å². The summed E-state index contributed by atoms with van der Waals surface area (Å²) in [5.74, 6) is -0.760. The van der Waals surface area contributed by atoms with Crippen molar-refractivity contribution < 1.29 is 9.90 Å². The number of nitrogens with two attached hydrogens (primary N) is 2. The average Bonchev–Trinajstić information content (AvgIpc) is 2.04. The van der Waals surface area contributed by atoms with E-state index in [1.165, 1.54) is 0 Å². The molecule has 1 rings (SSSR count). The van der Waals surface area contributed by atoms with Gasteiger partial charge < -0.3 is 21.9 Å². The number of hydrogen-bond acceptors (Lipinski definition) is 3. The fraction of sp³-hybridized carbons (Fsp3) is 0.714. The van der Waals surface area contributed by atoms with Crippen molar-refractivity contribution in [2.24, 2.45) is 16.5 Å². The monoisotopic (exact) mass is 186 g/mol. The predicted molar refractivity (Wildman–Crippen MR) is 48.3 cm³/mol. The van der Waals surface area contributed by atoms with Crippen LogP contribution in [0.25, 0.3) is 0 Å². The van der Waals surface area contributed by atoms with E-state index < -0.39 is 12.0 Å². The van der Waals surface area contributed by atoms with Gasteiger partial charge in [-0.05, 0) is 12.8 Å². The SMILES string of the molecule is NC(N)=N[C@@H]1CC[C@H](C(=O)O)NC1. The lowest BCUT2D eigenvalue weighted by Gasteiger charge is -2.24. The third-order valence-electron chi connectivity index (χ3n) is 2.02. The van der Waals surface area contributed by atoms with Crippen molar-refractivity contribution in [2.45, 2.75) is 24.9 Å². The van der Waals surface area contributed by atoms with Crippen LogP contribution < -0.4 is 16.8 Å². The summed E-state index contributed by atoms with van der Waals surface area (Å²) in [5.41, 5.74) is 10.4. The average molecular weight is 186 g/mol. The van der Waals surface area contributed by atoms with Crippen molar-refractivity contribution in [3.63, 3.8) is 0 Å². The molecule has 0 aromatic heterocycles. The van der Waals surface area contributed by atoms with Gasteiger partial charge in [-0.1, -0.05) is 0 Å². The van der Waals surface area contributed by atoms with Gasteiger partial charge in [-0.3, -0.25) is 4.79 Å². The first-order valence-electron chi connectivity index (χ1n) is 4.14. The third-order valence-corrected chi connectivity index (χ3v) is 2.02. The van der Waals surface area contributed by atoms with Gasteiger partial charge in [0.05, 0.1) is 6.04 Å². The van der Waals surface area contributed by atoms with Crippen molar-refractivity contribution in [1.29, 1.82) is 0 Å². The zero-order valence-corrected chi connectivity index (χ0v) is 7.23. The molecule has 13 heavy (non-hydrogen) atoms. The molecule has 1 saturated heterocycles. The van der Waals surface area contributed by atoms with Gasteiger partial charge in [-0.25, -0.2) is 4.99 Å². The van der Waals surface area contributed by atoms with E-state index in [0.29, 0.717) is 19.4 Å². The van der Waals surface area contributed by atoms with Crippen molar-refractivity contribution in [2.75, 3.05) is 6.54 Å². The number of piperidine rings is 1. The fourth-order valence-electron chi connectivity index (χ4n) is 1.37. The van der Waals surface area contributed by atoms with Crippen LogP contribution in [-0.4, -0.2) is 35.7 Å². The number of guanidine groups is 1. The van der Waals surface area contributed by atoms with E-state index >= 15 is 0 Å². The van der Waals surface area contributed by atoms with E-state index in [-0.39, 0.29) is 12.0 Å². The normalized spacial score (nSPS) is 28.0. The smallest absolute Gasteiger partial charge is 0.320 e. The molecule has 6 heteroatoms. The molecule has 0 aromatic carbocycles. The maximum absolute atomic E-state index is 10.5. The highest BCUT2D eigenvalue weighted by Gasteiger charge is 2.24. The predicted octanol–water partition coefficient (Wildman–Crippen LogP) is -1.53. The lowest BCUT2D eigenvalue weighted by atomic mass is 10.0. The number of aliphatic carboxylic acids is 1. The maximum atomic E-state index is 10.5. The van der Waals surface area contributed by atoms with Crippen LogP contribution in [0.2, 0.25) is 0 Å². The molecule has 74 valence electrons. The second-order valence-electron chi connectivity index (χ2n) is 3.08. The minimum Gasteiger partial charge on any atom is -0.480 e. The van der Waals surface area contributed by atoms with Crippen LogP contribution in [0.1, 0.15) is 12.8 Å². The number of nitrogens with zero attached hydrogens (tertiary/aromatic N) is 1. The summed E-state index contributed by atoms with van der Waals surface area (Å²) < 4.78 is 0. The van der Waals surface area contributed by atoms with E-state index in [2.05, 4.69) is 10.3 Å². The minimum atomic E-state index is -0.817. The van der Waals surface area contributed by atoms with Gasteiger partial charge in [0.15, 0.2) is 5.96 Å². The summed E-state index contributed by atoms with van der Waals surface area (Å²) in [6.45, 7) is 0.523. The molecule has 1 fully saturated rings. The first-order chi connectivity index (χ1) is 6.09. The Kier molecular flexibility index (Phi) is 3.07. The molecule has 1 aliphatic heterocycles. The molecule has 1 aliphatic rings. The molecule has 6 N–H and O–H groups in total. The van der Waals surface area contributed by atoms with Gasteiger partial charge >= 0.3 is 5.97 Å². The van der Waals surface area contributed by atoms with Crippen LogP contribution in [0.4, 0.5) is 0 Å². The topological polar surface area (TPSA) is 114 Å². The van der Waals surface area contributed by atoms with Crippen molar-refractivity contribution >= 4 is 11.9 Å². The van der Waals surface area contributed by atoms with Crippen molar-refractivity contribution in [3.8, 4) is 0 Å². The van der Waals surface area contributed by atoms with Crippen LogP contribution in [0.3, 0.4) is 0 Å². The number of rotatable bonds is 2. The molecular weight excluding hydrogens is 172 g/mol. The second-order valence-corrected chi connectivity index (χ2v) is 3.08. The van der Waals surface area contributed by atoms with Gasteiger partial charge in [-0.15, -0.1) is 0 Å². The number of hydrogen-bond donors (Lipinski definition) is 4. The molecule has 0 aromatic rings. The standard InChI is InChI=1S/C7H14N4O2/c8-7(9)11-4-1-2-5(6(12)13)10-3-4/h4-5,10H,1-3H2,(H,12,13)(H4,8,9,11)/t4-,5-/m1/s1. The first kappa shape index (κ1) is 9.79. The Hall–Kier alpha value is -1.30. The Balaban J connectivity index is 2.39. The van der Waals surface area contributed by atoms with Crippen LogP contribution in [0, 0.1) is 0 Å². The van der Waals surface area contributed by atoms with Gasteiger partial charge in [-0.2, -0.15) is 0 Å².